The fourth-order valence-electron chi connectivity index (χ4n) is 11.0. The molecule has 0 spiro atoms. The number of nitrogens with zero attached hydrogens (tertiary/aromatic N) is 7. The minimum atomic E-state index is -0.622. The monoisotopic (exact) mass is 1570 g/mol. The third-order valence-electron chi connectivity index (χ3n) is 16.4. The standard InChI is InChI=1S/C74H104ClN17O19/c1-51-44-60(83-57-13-11-56(75)12-14-57)59-45-55(10-15-61(59)92(51)52(2)93)53-6-8-54(9-7-53)70(97)80-20-23-101-26-29-104-32-34-106-36-38-108-40-41-109-39-37-107-35-33-105-30-27-102-24-21-81-72(99)68-87-63(48-90(68)4)85-66(95)17-19-79-71(98)62-46-58(47-89(62)3)84-73(100)69-88-64(49-91(69)5)86-65(94)16-18-78-67(96)50-111-43-42-110-31-28-103-25-22-82-74(76)77/h6-15,45-49,51,60,83H,16-44,50H2,1-5H3,(H,78,96)(H,79,98)(H,80,97)(H,81,99)(H,84,100)(H,85,95)(H,86,94)(H4,76,77,82)/t51-,60+/m0/s1. The number of amides is 8. The van der Waals surface area contributed by atoms with Gasteiger partial charge < -0.3 is 125 Å². The van der Waals surface area contributed by atoms with Crippen molar-refractivity contribution in [1.82, 2.24) is 44.9 Å². The van der Waals surface area contributed by atoms with Crippen molar-refractivity contribution in [3.8, 4) is 11.1 Å². The molecule has 3 aromatic heterocycles. The van der Waals surface area contributed by atoms with Crippen LogP contribution in [0.2, 0.25) is 5.02 Å². The number of hydrogen-bond donors (Lipinski definition) is 10. The number of guanidine groups is 1. The van der Waals surface area contributed by atoms with Gasteiger partial charge in [0.2, 0.25) is 35.3 Å². The predicted octanol–water partition coefficient (Wildman–Crippen LogP) is 3.18. The van der Waals surface area contributed by atoms with Gasteiger partial charge in [-0.3, -0.25) is 43.3 Å². The number of carbonyl (C=O) groups excluding carboxylic acids is 8. The Morgan fingerprint density at radius 2 is 0.937 bits per heavy atom. The molecule has 8 amide bonds. The van der Waals surface area contributed by atoms with Gasteiger partial charge in [0, 0.05) is 114 Å². The van der Waals surface area contributed by atoms with Crippen LogP contribution >= 0.6 is 11.6 Å². The first-order valence-corrected chi connectivity index (χ1v) is 36.8. The summed E-state index contributed by atoms with van der Waals surface area (Å²) in [5.41, 5.74) is 16.3. The molecular formula is C74H104ClN17O19. The molecule has 37 heteroatoms. The smallest absolute Gasteiger partial charge is 0.291 e. The highest BCUT2D eigenvalue weighted by molar-refractivity contribution is 6.30. The number of aromatic nitrogens is 5. The second-order valence-electron chi connectivity index (χ2n) is 25.0. The minimum Gasteiger partial charge on any atom is -0.378 e. The van der Waals surface area contributed by atoms with E-state index in [9.17, 15) is 38.4 Å². The number of ether oxygens (including phenoxy) is 11. The van der Waals surface area contributed by atoms with Gasteiger partial charge in [0.15, 0.2) is 17.6 Å². The number of imidazole rings is 2. The van der Waals surface area contributed by atoms with E-state index in [-0.39, 0.29) is 123 Å². The maximum Gasteiger partial charge on any atom is 0.291 e. The molecule has 1 aliphatic rings. The molecule has 1 aliphatic heterocycles. The molecule has 0 radical (unpaired) electrons. The minimum absolute atomic E-state index is 0.00544. The number of rotatable bonds is 54. The number of aliphatic imine (C=N–C) groups is 1. The van der Waals surface area contributed by atoms with E-state index in [0.717, 1.165) is 34.5 Å². The zero-order valence-corrected chi connectivity index (χ0v) is 64.2. The number of benzene rings is 3. The summed E-state index contributed by atoms with van der Waals surface area (Å²) in [6.45, 7) is 11.7. The molecule has 6 aromatic rings. The van der Waals surface area contributed by atoms with Crippen molar-refractivity contribution in [2.24, 2.45) is 37.6 Å². The highest BCUT2D eigenvalue weighted by Gasteiger charge is 2.33. The number of aryl methyl sites for hydroxylation is 3. The van der Waals surface area contributed by atoms with Crippen LogP contribution < -0.4 is 58.9 Å². The van der Waals surface area contributed by atoms with Gasteiger partial charge in [0.1, 0.15) is 12.3 Å². The summed E-state index contributed by atoms with van der Waals surface area (Å²) in [6, 6.07) is 22.6. The molecular weight excluding hydrogens is 1470 g/mol. The zero-order valence-electron chi connectivity index (χ0n) is 63.4. The molecule has 7 rings (SSSR count). The van der Waals surface area contributed by atoms with E-state index in [4.69, 9.17) is 75.2 Å². The Bertz CT molecular complexity index is 3930. The molecule has 0 fully saturated rings. The van der Waals surface area contributed by atoms with Crippen molar-refractivity contribution in [3.05, 3.63) is 125 Å². The third kappa shape index (κ3) is 32.5. The summed E-state index contributed by atoms with van der Waals surface area (Å²) in [5, 5.41) is 23.1. The van der Waals surface area contributed by atoms with Gasteiger partial charge in [0.05, 0.1) is 157 Å². The van der Waals surface area contributed by atoms with Gasteiger partial charge in [-0.25, -0.2) is 9.97 Å². The highest BCUT2D eigenvalue weighted by Crippen LogP contribution is 2.41. The van der Waals surface area contributed by atoms with Gasteiger partial charge >= 0.3 is 0 Å². The third-order valence-corrected chi connectivity index (χ3v) is 16.6. The van der Waals surface area contributed by atoms with Gasteiger partial charge in [-0.05, 0) is 84.6 Å². The molecule has 0 saturated heterocycles. The van der Waals surface area contributed by atoms with E-state index in [1.165, 1.54) is 38.4 Å². The van der Waals surface area contributed by atoms with Crippen LogP contribution in [0, 0.1) is 0 Å². The van der Waals surface area contributed by atoms with Gasteiger partial charge in [-0.15, -0.1) is 0 Å². The lowest BCUT2D eigenvalue weighted by molar-refractivity contribution is -0.126. The first-order chi connectivity index (χ1) is 53.7. The maximum absolute atomic E-state index is 13.2. The summed E-state index contributed by atoms with van der Waals surface area (Å²) in [7, 11) is 4.78. The van der Waals surface area contributed by atoms with Crippen molar-refractivity contribution in [2.75, 3.05) is 204 Å². The van der Waals surface area contributed by atoms with E-state index in [2.05, 4.69) is 70.5 Å². The molecule has 0 unspecified atom stereocenters. The molecule has 0 aliphatic carbocycles. The molecule has 0 saturated carbocycles. The fourth-order valence-corrected chi connectivity index (χ4v) is 11.2. The SMILES string of the molecule is CC(=O)N1c2ccc(-c3ccc(C(=O)NCCOCCOCCOCCOCCOCCOCCOCCOCCNC(=O)c4nc(NC(=O)CCNC(=O)c5cc(NC(=O)c6nc(NC(=O)CCNC(=O)COCCOCCOCCN=C(N)N)cn6C)cn5C)cn4C)cc3)cc2[C@H](Nc2ccc(Cl)cc2)C[C@@H]1C. The topological polar surface area (TPSA) is 443 Å². The van der Waals surface area contributed by atoms with Crippen LogP contribution in [0.5, 0.6) is 0 Å². The number of halogens is 1. The Labute approximate surface area is 649 Å². The average Bonchev–Trinajstić information content (AvgIpc) is 1.52. The van der Waals surface area contributed by atoms with Crippen LogP contribution in [0.4, 0.5) is 28.7 Å². The van der Waals surface area contributed by atoms with Gasteiger partial charge in [-0.1, -0.05) is 29.8 Å². The molecule has 2 atom stereocenters. The van der Waals surface area contributed by atoms with Crippen LogP contribution in [0.3, 0.4) is 0 Å². The quantitative estimate of drug-likeness (QED) is 0.0149. The van der Waals surface area contributed by atoms with E-state index >= 15 is 0 Å². The van der Waals surface area contributed by atoms with Crippen LogP contribution in [0.25, 0.3) is 11.1 Å². The Balaban J connectivity index is 0.608. The van der Waals surface area contributed by atoms with E-state index in [0.29, 0.717) is 143 Å². The molecule has 36 nitrogen and oxygen atoms in total. The lowest BCUT2D eigenvalue weighted by Crippen LogP contribution is -2.43. The fraction of sp³-hybridized carbons (Fsp3) is 0.500. The lowest BCUT2D eigenvalue weighted by Gasteiger charge is -2.39. The normalized spacial score (nSPS) is 13.1. The molecule has 4 heterocycles. The Hall–Kier alpha value is -9.96. The van der Waals surface area contributed by atoms with Crippen molar-refractivity contribution >= 4 is 93.5 Å². The van der Waals surface area contributed by atoms with Crippen molar-refractivity contribution in [2.45, 2.75) is 45.2 Å². The molecule has 3 aromatic carbocycles. The Kier molecular flexibility index (Phi) is 39.2. The number of hydrogen-bond acceptors (Lipinski definition) is 23. The number of nitrogens with one attached hydrogen (secondary N) is 8. The van der Waals surface area contributed by atoms with E-state index < -0.39 is 35.4 Å². The summed E-state index contributed by atoms with van der Waals surface area (Å²) in [5.74, 6) is -2.91. The Morgan fingerprint density at radius 1 is 0.477 bits per heavy atom. The van der Waals surface area contributed by atoms with Gasteiger partial charge in [0.25, 0.3) is 23.6 Å². The molecule has 0 bridgehead atoms. The van der Waals surface area contributed by atoms with E-state index in [1.54, 1.807) is 40.2 Å². The summed E-state index contributed by atoms with van der Waals surface area (Å²) in [6.07, 6.45) is 4.99. The van der Waals surface area contributed by atoms with Crippen molar-refractivity contribution in [1.29, 1.82) is 0 Å². The summed E-state index contributed by atoms with van der Waals surface area (Å²) < 4.78 is 64.9. The predicted molar refractivity (Wildman–Crippen MR) is 413 cm³/mol. The number of carbonyl (C=O) groups is 8. The van der Waals surface area contributed by atoms with Crippen LogP contribution in [0.1, 0.15) is 86.8 Å². The highest BCUT2D eigenvalue weighted by atomic mass is 35.5. The van der Waals surface area contributed by atoms with Crippen LogP contribution in [-0.2, 0) is 92.4 Å². The van der Waals surface area contributed by atoms with Crippen molar-refractivity contribution < 1.29 is 90.5 Å². The number of fused-ring (bicyclic) bond motifs is 1. The lowest BCUT2D eigenvalue weighted by atomic mass is 9.88. The maximum atomic E-state index is 13.2. The average molecular weight is 1570 g/mol. The number of nitrogens with two attached hydrogens (primary N) is 2. The molecule has 111 heavy (non-hydrogen) atoms. The number of anilines is 5. The van der Waals surface area contributed by atoms with Gasteiger partial charge in [-0.2, -0.15) is 0 Å². The second kappa shape index (κ2) is 49.3. The largest absolute Gasteiger partial charge is 0.378 e. The second-order valence-corrected chi connectivity index (χ2v) is 25.5. The summed E-state index contributed by atoms with van der Waals surface area (Å²) >= 11 is 6.14. The van der Waals surface area contributed by atoms with Crippen LogP contribution in [-0.4, -0.2) is 261 Å². The summed E-state index contributed by atoms with van der Waals surface area (Å²) in [4.78, 5) is 116. The van der Waals surface area contributed by atoms with Crippen LogP contribution in [0.15, 0.2) is 96.4 Å². The Morgan fingerprint density at radius 3 is 1.45 bits per heavy atom. The van der Waals surface area contributed by atoms with Crippen molar-refractivity contribution in [3.63, 3.8) is 0 Å². The molecule has 12 N–H and O–H groups in total. The first-order valence-electron chi connectivity index (χ1n) is 36.4. The zero-order chi connectivity index (χ0) is 79.5. The van der Waals surface area contributed by atoms with E-state index in [1.807, 2.05) is 53.4 Å². The molecule has 606 valence electrons. The first kappa shape index (κ1) is 88.3.